The van der Waals surface area contributed by atoms with Crippen LogP contribution in [0.15, 0.2) is 0 Å². The maximum Gasteiger partial charge on any atom is 0.305 e. The fourth-order valence-corrected chi connectivity index (χ4v) is 2.96. The van der Waals surface area contributed by atoms with Crippen molar-refractivity contribution in [1.29, 1.82) is 0 Å². The molecule has 1 fully saturated rings. The first kappa shape index (κ1) is 15.5. The van der Waals surface area contributed by atoms with Crippen LogP contribution in [0.5, 0.6) is 0 Å². The summed E-state index contributed by atoms with van der Waals surface area (Å²) in [4.78, 5) is 11.6. The van der Waals surface area contributed by atoms with Gasteiger partial charge in [0.2, 0.25) is 0 Å². The zero-order valence-electron chi connectivity index (χ0n) is 13.0. The van der Waals surface area contributed by atoms with Crippen LogP contribution >= 0.6 is 0 Å². The second-order valence-electron chi connectivity index (χ2n) is 6.88. The van der Waals surface area contributed by atoms with Crippen LogP contribution in [0.1, 0.15) is 67.2 Å². The van der Waals surface area contributed by atoms with E-state index in [1.165, 1.54) is 12.8 Å². The van der Waals surface area contributed by atoms with Crippen LogP contribution in [0.2, 0.25) is 0 Å². The zero-order valence-corrected chi connectivity index (χ0v) is 13.0. The topological polar surface area (TPSA) is 26.3 Å². The Kier molecular flexibility index (Phi) is 5.24. The lowest BCUT2D eigenvalue weighted by atomic mass is 9.62. The lowest BCUT2D eigenvalue weighted by molar-refractivity contribution is -0.159. The molecule has 0 bridgehead atoms. The highest BCUT2D eigenvalue weighted by atomic mass is 16.5. The first-order chi connectivity index (χ1) is 8.28. The zero-order chi connectivity index (χ0) is 13.9. The van der Waals surface area contributed by atoms with Crippen molar-refractivity contribution >= 4 is 5.97 Å². The van der Waals surface area contributed by atoms with Gasteiger partial charge in [-0.2, -0.15) is 0 Å². The Bertz CT molecular complexity index is 281. The average Bonchev–Trinajstić information content (AvgIpc) is 2.30. The first-order valence-corrected chi connectivity index (χ1v) is 7.48. The summed E-state index contributed by atoms with van der Waals surface area (Å²) >= 11 is 0. The molecule has 0 unspecified atom stereocenters. The van der Waals surface area contributed by atoms with Gasteiger partial charge in [-0.1, -0.05) is 41.5 Å². The standard InChI is InChI=1S/C16H30O2/c1-7-15(17)18-14-9-8-12(4)10-13(14)16(5,6)11(2)3/h11-14H,7-10H2,1-6H3/t12-,13+,14+/m1/s1. The number of ether oxygens (including phenoxy) is 1. The summed E-state index contributed by atoms with van der Waals surface area (Å²) in [6.07, 6.45) is 4.03. The van der Waals surface area contributed by atoms with Crippen molar-refractivity contribution in [3.8, 4) is 0 Å². The smallest absolute Gasteiger partial charge is 0.305 e. The maximum absolute atomic E-state index is 11.6. The molecule has 2 nitrogen and oxygen atoms in total. The second-order valence-corrected chi connectivity index (χ2v) is 6.88. The summed E-state index contributed by atoms with van der Waals surface area (Å²) in [6.45, 7) is 13.4. The van der Waals surface area contributed by atoms with Crippen molar-refractivity contribution in [2.75, 3.05) is 0 Å². The monoisotopic (exact) mass is 254 g/mol. The number of rotatable bonds is 4. The second kappa shape index (κ2) is 6.08. The summed E-state index contributed by atoms with van der Waals surface area (Å²) in [5, 5.41) is 0. The van der Waals surface area contributed by atoms with E-state index in [9.17, 15) is 4.79 Å². The third kappa shape index (κ3) is 3.49. The minimum Gasteiger partial charge on any atom is -0.462 e. The molecule has 3 atom stereocenters. The Hall–Kier alpha value is -0.530. The molecule has 2 heteroatoms. The Morgan fingerprint density at radius 3 is 2.44 bits per heavy atom. The van der Waals surface area contributed by atoms with Gasteiger partial charge in [0.05, 0.1) is 0 Å². The normalized spacial score (nSPS) is 29.4. The molecule has 0 amide bonds. The van der Waals surface area contributed by atoms with E-state index >= 15 is 0 Å². The predicted octanol–water partition coefficient (Wildman–Crippen LogP) is 4.43. The SMILES string of the molecule is CCC(=O)O[C@H]1CC[C@@H](C)C[C@@H]1C(C)(C)C(C)C. The quantitative estimate of drug-likeness (QED) is 0.694. The molecule has 0 aliphatic heterocycles. The molecular formula is C16H30O2. The minimum absolute atomic E-state index is 0.0425. The van der Waals surface area contributed by atoms with Gasteiger partial charge < -0.3 is 4.74 Å². The van der Waals surface area contributed by atoms with Gasteiger partial charge in [-0.3, -0.25) is 4.79 Å². The number of hydrogen-bond acceptors (Lipinski definition) is 2. The fraction of sp³-hybridized carbons (Fsp3) is 0.938. The molecule has 18 heavy (non-hydrogen) atoms. The highest BCUT2D eigenvalue weighted by Crippen LogP contribution is 2.46. The molecule has 0 radical (unpaired) electrons. The van der Waals surface area contributed by atoms with Crippen LogP contribution in [0, 0.1) is 23.2 Å². The predicted molar refractivity (Wildman–Crippen MR) is 75.3 cm³/mol. The molecular weight excluding hydrogens is 224 g/mol. The van der Waals surface area contributed by atoms with Gasteiger partial charge in [0.1, 0.15) is 6.10 Å². The Labute approximate surface area is 112 Å². The van der Waals surface area contributed by atoms with Gasteiger partial charge in [-0.05, 0) is 36.5 Å². The van der Waals surface area contributed by atoms with Crippen molar-refractivity contribution in [3.63, 3.8) is 0 Å². The van der Waals surface area contributed by atoms with Gasteiger partial charge in [-0.25, -0.2) is 0 Å². The van der Waals surface area contributed by atoms with E-state index in [4.69, 9.17) is 4.74 Å². The summed E-state index contributed by atoms with van der Waals surface area (Å²) in [5.74, 6) is 1.82. The number of carbonyl (C=O) groups is 1. The molecule has 0 aromatic heterocycles. The van der Waals surface area contributed by atoms with E-state index in [-0.39, 0.29) is 17.5 Å². The van der Waals surface area contributed by atoms with E-state index in [1.807, 2.05) is 6.92 Å². The van der Waals surface area contributed by atoms with Crippen molar-refractivity contribution in [2.45, 2.75) is 73.3 Å². The third-order valence-corrected chi connectivity index (χ3v) is 5.06. The van der Waals surface area contributed by atoms with Crippen molar-refractivity contribution in [2.24, 2.45) is 23.2 Å². The Morgan fingerprint density at radius 2 is 1.94 bits per heavy atom. The maximum atomic E-state index is 11.6. The molecule has 1 rings (SSSR count). The molecule has 0 spiro atoms. The lowest BCUT2D eigenvalue weighted by Crippen LogP contribution is -2.43. The van der Waals surface area contributed by atoms with Crippen molar-refractivity contribution in [3.05, 3.63) is 0 Å². The van der Waals surface area contributed by atoms with Crippen LogP contribution in [0.3, 0.4) is 0 Å². The van der Waals surface area contributed by atoms with Crippen LogP contribution in [0.25, 0.3) is 0 Å². The highest BCUT2D eigenvalue weighted by Gasteiger charge is 2.42. The fourth-order valence-electron chi connectivity index (χ4n) is 2.96. The van der Waals surface area contributed by atoms with E-state index < -0.39 is 0 Å². The molecule has 1 aliphatic rings. The molecule has 106 valence electrons. The van der Waals surface area contributed by atoms with Crippen LogP contribution in [-0.4, -0.2) is 12.1 Å². The highest BCUT2D eigenvalue weighted by molar-refractivity contribution is 5.69. The molecule has 1 aliphatic carbocycles. The lowest BCUT2D eigenvalue weighted by Gasteiger charge is -2.46. The van der Waals surface area contributed by atoms with Gasteiger partial charge in [0.15, 0.2) is 0 Å². The molecule has 1 saturated carbocycles. The van der Waals surface area contributed by atoms with E-state index in [2.05, 4.69) is 34.6 Å². The summed E-state index contributed by atoms with van der Waals surface area (Å²) < 4.78 is 5.70. The number of esters is 1. The average molecular weight is 254 g/mol. The molecule has 0 heterocycles. The summed E-state index contributed by atoms with van der Waals surface area (Å²) in [7, 11) is 0. The minimum atomic E-state index is -0.0425. The van der Waals surface area contributed by atoms with Gasteiger partial charge in [0.25, 0.3) is 0 Å². The van der Waals surface area contributed by atoms with Gasteiger partial charge in [-0.15, -0.1) is 0 Å². The van der Waals surface area contributed by atoms with Crippen molar-refractivity contribution in [1.82, 2.24) is 0 Å². The van der Waals surface area contributed by atoms with E-state index in [0.717, 1.165) is 12.3 Å². The van der Waals surface area contributed by atoms with Gasteiger partial charge >= 0.3 is 5.97 Å². The van der Waals surface area contributed by atoms with E-state index in [1.54, 1.807) is 0 Å². The molecule has 0 aromatic carbocycles. The summed E-state index contributed by atoms with van der Waals surface area (Å²) in [6, 6.07) is 0. The molecule has 0 saturated heterocycles. The molecule has 0 N–H and O–H groups in total. The largest absolute Gasteiger partial charge is 0.462 e. The first-order valence-electron chi connectivity index (χ1n) is 7.48. The Balaban J connectivity index is 2.83. The number of carbonyl (C=O) groups excluding carboxylic acids is 1. The van der Waals surface area contributed by atoms with Crippen molar-refractivity contribution < 1.29 is 9.53 Å². The van der Waals surface area contributed by atoms with E-state index in [0.29, 0.717) is 18.3 Å². The van der Waals surface area contributed by atoms with Crippen LogP contribution < -0.4 is 0 Å². The number of hydrogen-bond donors (Lipinski definition) is 0. The van der Waals surface area contributed by atoms with Crippen LogP contribution in [0.4, 0.5) is 0 Å². The van der Waals surface area contributed by atoms with Crippen LogP contribution in [-0.2, 0) is 9.53 Å². The summed E-state index contributed by atoms with van der Waals surface area (Å²) in [5.41, 5.74) is 0.230. The molecule has 0 aromatic rings. The third-order valence-electron chi connectivity index (χ3n) is 5.06. The Morgan fingerprint density at radius 1 is 1.33 bits per heavy atom. The van der Waals surface area contributed by atoms with Gasteiger partial charge in [0, 0.05) is 12.3 Å².